The van der Waals surface area contributed by atoms with Gasteiger partial charge in [0.1, 0.15) is 29.9 Å². The van der Waals surface area contributed by atoms with Crippen molar-refractivity contribution in [2.45, 2.75) is 30.1 Å². The van der Waals surface area contributed by atoms with Gasteiger partial charge in [0.2, 0.25) is 5.91 Å². The molecule has 0 radical (unpaired) electrons. The number of sulfonamides is 1. The lowest BCUT2D eigenvalue weighted by Crippen LogP contribution is -2.53. The van der Waals surface area contributed by atoms with Crippen molar-refractivity contribution in [1.82, 2.24) is 10.6 Å². The molecule has 2 amide bonds. The molecule has 1 aliphatic heterocycles. The van der Waals surface area contributed by atoms with Crippen LogP contribution in [0.2, 0.25) is 5.02 Å². The molecular formula is C28H27ClF3N3O8S. The molecule has 0 saturated carbocycles. The third kappa shape index (κ3) is 6.26. The van der Waals surface area contributed by atoms with E-state index in [9.17, 15) is 31.2 Å². The quantitative estimate of drug-likeness (QED) is 0.216. The van der Waals surface area contributed by atoms with Gasteiger partial charge in [0.25, 0.3) is 15.9 Å². The molecule has 236 valence electrons. The van der Waals surface area contributed by atoms with Gasteiger partial charge in [-0.2, -0.15) is 0 Å². The third-order valence-corrected chi connectivity index (χ3v) is 8.60. The number of carbonyl (C=O) groups excluding carboxylic acids is 2. The van der Waals surface area contributed by atoms with Gasteiger partial charge in [-0.15, -0.1) is 13.2 Å². The summed E-state index contributed by atoms with van der Waals surface area (Å²) in [6, 6.07) is 12.9. The Morgan fingerprint density at radius 3 is 2.36 bits per heavy atom. The van der Waals surface area contributed by atoms with E-state index in [0.717, 1.165) is 18.2 Å². The summed E-state index contributed by atoms with van der Waals surface area (Å²) in [5.74, 6) is -2.50. The summed E-state index contributed by atoms with van der Waals surface area (Å²) in [5.41, 5.74) is -2.06. The number of rotatable bonds is 12. The number of alkyl halides is 3. The van der Waals surface area contributed by atoms with Gasteiger partial charge in [0, 0.05) is 28.6 Å². The number of anilines is 1. The number of benzene rings is 3. The van der Waals surface area contributed by atoms with Gasteiger partial charge in [-0.05, 0) is 36.4 Å². The summed E-state index contributed by atoms with van der Waals surface area (Å²) in [5, 5.41) is 5.57. The topological polar surface area (TPSA) is 132 Å². The maximum Gasteiger partial charge on any atom is 0.573 e. The smallest absolute Gasteiger partial charge is 0.497 e. The van der Waals surface area contributed by atoms with Crippen molar-refractivity contribution in [3.63, 3.8) is 0 Å². The maximum atomic E-state index is 14.6. The molecular weight excluding hydrogens is 631 g/mol. The zero-order valence-electron chi connectivity index (χ0n) is 23.5. The Morgan fingerprint density at radius 1 is 0.977 bits per heavy atom. The zero-order valence-corrected chi connectivity index (χ0v) is 25.1. The molecule has 11 nitrogen and oxygen atoms in total. The standard InChI is InChI=1S/C28H27ClF3N3O8S/c1-4-25(36)33-15-42-16-34-27(19-7-5-6-8-22(19)41-3)20-13-17(29)9-11-21(20)35(26(27)37)44(38,39)24-12-10-18(40-2)14-23(24)43-28(30,31)32/h5-14,34H,4,15-16H2,1-3H3,(H,33,36)/t27-/m1/s1. The number of ether oxygens (including phenoxy) is 4. The van der Waals surface area contributed by atoms with Crippen LogP contribution in [0.4, 0.5) is 18.9 Å². The molecule has 0 aromatic heterocycles. The van der Waals surface area contributed by atoms with Crippen LogP contribution in [0.5, 0.6) is 17.2 Å². The van der Waals surface area contributed by atoms with Gasteiger partial charge in [-0.1, -0.05) is 36.7 Å². The van der Waals surface area contributed by atoms with Gasteiger partial charge < -0.3 is 24.3 Å². The number of carbonyl (C=O) groups is 2. The lowest BCUT2D eigenvalue weighted by Gasteiger charge is -2.31. The van der Waals surface area contributed by atoms with Crippen molar-refractivity contribution in [1.29, 1.82) is 0 Å². The number of fused-ring (bicyclic) bond motifs is 1. The Morgan fingerprint density at radius 2 is 1.70 bits per heavy atom. The van der Waals surface area contributed by atoms with Crippen molar-refractivity contribution in [3.05, 3.63) is 76.8 Å². The molecule has 3 aromatic carbocycles. The fourth-order valence-electron chi connectivity index (χ4n) is 4.68. The van der Waals surface area contributed by atoms with E-state index in [-0.39, 0.29) is 52.4 Å². The predicted octanol–water partition coefficient (Wildman–Crippen LogP) is 4.28. The first-order chi connectivity index (χ1) is 20.8. The predicted molar refractivity (Wildman–Crippen MR) is 152 cm³/mol. The average molecular weight is 658 g/mol. The Hall–Kier alpha value is -4.05. The molecule has 0 bridgehead atoms. The Labute approximate surface area is 255 Å². The van der Waals surface area contributed by atoms with Crippen molar-refractivity contribution >= 4 is 39.1 Å². The number of para-hydroxylation sites is 1. The molecule has 0 spiro atoms. The van der Waals surface area contributed by atoms with Gasteiger partial charge >= 0.3 is 6.36 Å². The van der Waals surface area contributed by atoms with Gasteiger partial charge in [-0.25, -0.2) is 12.7 Å². The van der Waals surface area contributed by atoms with E-state index in [2.05, 4.69) is 15.4 Å². The first-order valence-electron chi connectivity index (χ1n) is 12.9. The number of nitrogens with zero attached hydrogens (tertiary/aromatic N) is 1. The second-order valence-electron chi connectivity index (χ2n) is 9.17. The van der Waals surface area contributed by atoms with Crippen LogP contribution in [0.1, 0.15) is 24.5 Å². The largest absolute Gasteiger partial charge is 0.573 e. The molecule has 16 heteroatoms. The van der Waals surface area contributed by atoms with Crippen LogP contribution in [0.25, 0.3) is 0 Å². The van der Waals surface area contributed by atoms with Gasteiger partial charge in [-0.3, -0.25) is 14.9 Å². The molecule has 0 saturated heterocycles. The van der Waals surface area contributed by atoms with Crippen molar-refractivity contribution in [2.24, 2.45) is 0 Å². The number of hydrogen-bond donors (Lipinski definition) is 2. The zero-order chi connectivity index (χ0) is 32.3. The monoisotopic (exact) mass is 657 g/mol. The summed E-state index contributed by atoms with van der Waals surface area (Å²) in [6.07, 6.45) is -5.07. The SMILES string of the molecule is CCC(=O)NCOCN[C@@]1(c2ccccc2OC)C(=O)N(S(=O)(=O)c2ccc(OC)cc2OC(F)(F)F)c2ccc(Cl)cc21. The number of amides is 2. The Bertz CT molecular complexity index is 1670. The molecule has 4 rings (SSSR count). The molecule has 44 heavy (non-hydrogen) atoms. The fourth-order valence-corrected chi connectivity index (χ4v) is 6.42. The van der Waals surface area contributed by atoms with Crippen LogP contribution in [-0.4, -0.2) is 54.3 Å². The van der Waals surface area contributed by atoms with E-state index in [0.29, 0.717) is 4.31 Å². The van der Waals surface area contributed by atoms with E-state index < -0.39 is 45.2 Å². The molecule has 0 unspecified atom stereocenters. The second kappa shape index (κ2) is 12.9. The molecule has 1 heterocycles. The molecule has 1 aliphatic rings. The molecule has 0 fully saturated rings. The van der Waals surface area contributed by atoms with Gasteiger partial charge in [0.05, 0.1) is 19.9 Å². The number of nitrogens with one attached hydrogen (secondary N) is 2. The van der Waals surface area contributed by atoms with E-state index in [1.165, 1.54) is 44.6 Å². The number of methoxy groups -OCH3 is 2. The summed E-state index contributed by atoms with van der Waals surface area (Å²) in [4.78, 5) is 25.3. The lowest BCUT2D eigenvalue weighted by molar-refractivity contribution is -0.275. The molecule has 0 aliphatic carbocycles. The normalized spacial score (nSPS) is 16.4. The highest BCUT2D eigenvalue weighted by atomic mass is 35.5. The highest BCUT2D eigenvalue weighted by Gasteiger charge is 2.57. The Balaban J connectivity index is 1.92. The summed E-state index contributed by atoms with van der Waals surface area (Å²) in [7, 11) is -2.59. The minimum atomic E-state index is -5.27. The van der Waals surface area contributed by atoms with Crippen LogP contribution < -0.4 is 29.1 Å². The first-order valence-corrected chi connectivity index (χ1v) is 14.7. The van der Waals surface area contributed by atoms with Crippen molar-refractivity contribution in [3.8, 4) is 17.2 Å². The highest BCUT2D eigenvalue weighted by molar-refractivity contribution is 7.93. The molecule has 1 atom stereocenters. The minimum Gasteiger partial charge on any atom is -0.497 e. The maximum absolute atomic E-state index is 14.6. The van der Waals surface area contributed by atoms with E-state index in [1.54, 1.807) is 19.1 Å². The average Bonchev–Trinajstić information content (AvgIpc) is 3.23. The van der Waals surface area contributed by atoms with Crippen LogP contribution in [-0.2, 0) is 29.9 Å². The summed E-state index contributed by atoms with van der Waals surface area (Å²) >= 11 is 6.33. The van der Waals surface area contributed by atoms with Crippen molar-refractivity contribution < 1.29 is 50.1 Å². The van der Waals surface area contributed by atoms with Gasteiger partial charge in [0.15, 0.2) is 11.3 Å². The number of hydrogen-bond acceptors (Lipinski definition) is 9. The van der Waals surface area contributed by atoms with Crippen LogP contribution in [0.3, 0.4) is 0 Å². The van der Waals surface area contributed by atoms with Crippen LogP contribution in [0, 0.1) is 0 Å². The van der Waals surface area contributed by atoms with Crippen LogP contribution >= 0.6 is 11.6 Å². The van der Waals surface area contributed by atoms with Crippen LogP contribution in [0.15, 0.2) is 65.6 Å². The first kappa shape index (κ1) is 32.9. The Kier molecular flexibility index (Phi) is 9.63. The summed E-state index contributed by atoms with van der Waals surface area (Å²) in [6.45, 7) is 0.994. The molecule has 2 N–H and O–H groups in total. The minimum absolute atomic E-state index is 0.0380. The lowest BCUT2D eigenvalue weighted by atomic mass is 9.83. The molecule has 3 aromatic rings. The third-order valence-electron chi connectivity index (χ3n) is 6.62. The van der Waals surface area contributed by atoms with Crippen molar-refractivity contribution in [2.75, 3.05) is 32.0 Å². The number of halogens is 4. The summed E-state index contributed by atoms with van der Waals surface area (Å²) < 4.78 is 88.9. The van der Waals surface area contributed by atoms with E-state index >= 15 is 0 Å². The second-order valence-corrected chi connectivity index (χ2v) is 11.4. The van der Waals surface area contributed by atoms with E-state index in [4.69, 9.17) is 25.8 Å². The fraction of sp³-hybridized carbons (Fsp3) is 0.286. The highest BCUT2D eigenvalue weighted by Crippen LogP contribution is 2.50. The van der Waals surface area contributed by atoms with E-state index in [1.807, 2.05) is 0 Å².